The highest BCUT2D eigenvalue weighted by molar-refractivity contribution is 7.25. The van der Waals surface area contributed by atoms with Crippen LogP contribution >= 0.6 is 11.3 Å². The van der Waals surface area contributed by atoms with Crippen LogP contribution in [0.5, 0.6) is 0 Å². The summed E-state index contributed by atoms with van der Waals surface area (Å²) in [5.41, 5.74) is 1.81. The van der Waals surface area contributed by atoms with Gasteiger partial charge in [-0.15, -0.1) is 11.3 Å². The van der Waals surface area contributed by atoms with Gasteiger partial charge in [0.25, 0.3) is 0 Å². The quantitative estimate of drug-likeness (QED) is 0.434. The van der Waals surface area contributed by atoms with Crippen molar-refractivity contribution in [1.82, 2.24) is 15.0 Å². The van der Waals surface area contributed by atoms with E-state index in [1.165, 1.54) is 20.9 Å². The zero-order valence-corrected chi connectivity index (χ0v) is 12.9. The molecule has 0 aliphatic rings. The zero-order chi connectivity index (χ0) is 15.2. The second-order valence-corrected chi connectivity index (χ2v) is 6.47. The van der Waals surface area contributed by atoms with E-state index in [9.17, 15) is 0 Å². The van der Waals surface area contributed by atoms with Gasteiger partial charge in [-0.1, -0.05) is 24.3 Å². The van der Waals surface area contributed by atoms with Crippen LogP contribution in [0.3, 0.4) is 0 Å². The number of fused-ring (bicyclic) bond motifs is 4. The summed E-state index contributed by atoms with van der Waals surface area (Å²) in [4.78, 5) is 14.6. The van der Waals surface area contributed by atoms with Gasteiger partial charge in [0.1, 0.15) is 4.83 Å². The summed E-state index contributed by atoms with van der Waals surface area (Å²) in [5.74, 6) is 0. The van der Waals surface area contributed by atoms with Gasteiger partial charge in [0, 0.05) is 34.7 Å². The van der Waals surface area contributed by atoms with Gasteiger partial charge in [0.15, 0.2) is 0 Å². The van der Waals surface area contributed by atoms with Crippen LogP contribution in [0.25, 0.3) is 42.5 Å². The monoisotopic (exact) mass is 313 g/mol. The van der Waals surface area contributed by atoms with E-state index in [0.29, 0.717) is 0 Å². The van der Waals surface area contributed by atoms with E-state index < -0.39 is 0 Å². The molecular weight excluding hydrogens is 302 g/mol. The number of thiophene rings is 1. The summed E-state index contributed by atoms with van der Waals surface area (Å²) in [7, 11) is 0. The number of hydrogen-bond acceptors (Lipinski definition) is 4. The van der Waals surface area contributed by atoms with Crippen LogP contribution in [0.1, 0.15) is 0 Å². The third-order valence-corrected chi connectivity index (χ3v) is 5.08. The second-order valence-electron chi connectivity index (χ2n) is 5.44. The molecule has 0 aliphatic carbocycles. The smallest absolute Gasteiger partial charge is 0.125 e. The van der Waals surface area contributed by atoms with Crippen molar-refractivity contribution in [3.8, 4) is 11.4 Å². The third-order valence-electron chi connectivity index (χ3n) is 4.03. The van der Waals surface area contributed by atoms with Crippen molar-refractivity contribution in [3.63, 3.8) is 0 Å². The predicted molar refractivity (Wildman–Crippen MR) is 95.7 cm³/mol. The molecule has 0 radical (unpaired) electrons. The van der Waals surface area contributed by atoms with E-state index in [-0.39, 0.29) is 0 Å². The first-order chi connectivity index (χ1) is 11.4. The highest BCUT2D eigenvalue weighted by Crippen LogP contribution is 2.33. The fourth-order valence-corrected chi connectivity index (χ4v) is 3.92. The summed E-state index contributed by atoms with van der Waals surface area (Å²) < 4.78 is 1.17. The lowest BCUT2D eigenvalue weighted by Crippen LogP contribution is -1.87. The lowest BCUT2D eigenvalue weighted by atomic mass is 10.1. The molecule has 4 aromatic heterocycles. The molecule has 108 valence electrons. The van der Waals surface area contributed by atoms with Gasteiger partial charge in [-0.05, 0) is 29.7 Å². The minimum Gasteiger partial charge on any atom is -0.263 e. The molecule has 0 saturated heterocycles. The van der Waals surface area contributed by atoms with Crippen molar-refractivity contribution in [3.05, 3.63) is 67.1 Å². The highest BCUT2D eigenvalue weighted by Gasteiger charge is 2.09. The molecule has 5 rings (SSSR count). The van der Waals surface area contributed by atoms with E-state index in [1.807, 2.05) is 42.9 Å². The maximum absolute atomic E-state index is 4.82. The number of rotatable bonds is 1. The standard InChI is InChI=1S/C19H11N3S/c1-2-4-13-10-21-17(9-12(13)3-1)16-6-5-15-14-7-8-20-11-18(14)23-19(15)22-16/h1-11H. The van der Waals surface area contributed by atoms with Crippen LogP contribution < -0.4 is 0 Å². The minimum absolute atomic E-state index is 0.904. The Morgan fingerprint density at radius 1 is 0.783 bits per heavy atom. The van der Waals surface area contributed by atoms with Crippen LogP contribution in [-0.4, -0.2) is 15.0 Å². The molecule has 0 N–H and O–H groups in total. The molecule has 0 fully saturated rings. The van der Waals surface area contributed by atoms with Crippen LogP contribution in [0, 0.1) is 0 Å². The molecule has 0 atom stereocenters. The molecule has 4 heteroatoms. The predicted octanol–water partition coefficient (Wildman–Crippen LogP) is 5.06. The van der Waals surface area contributed by atoms with Crippen LogP contribution in [0.2, 0.25) is 0 Å². The number of aromatic nitrogens is 3. The van der Waals surface area contributed by atoms with Gasteiger partial charge >= 0.3 is 0 Å². The van der Waals surface area contributed by atoms with E-state index in [4.69, 9.17) is 4.98 Å². The van der Waals surface area contributed by atoms with E-state index in [0.717, 1.165) is 21.6 Å². The van der Waals surface area contributed by atoms with Crippen molar-refractivity contribution < 1.29 is 0 Å². The Bertz CT molecular complexity index is 1180. The van der Waals surface area contributed by atoms with Gasteiger partial charge in [-0.2, -0.15) is 0 Å². The molecule has 0 unspecified atom stereocenters. The Labute approximate surface area is 136 Å². The molecular formula is C19H11N3S. The maximum atomic E-state index is 4.82. The van der Waals surface area contributed by atoms with Crippen LogP contribution in [0.15, 0.2) is 67.1 Å². The van der Waals surface area contributed by atoms with Crippen LogP contribution in [-0.2, 0) is 0 Å². The Kier molecular flexibility index (Phi) is 2.66. The summed E-state index contributed by atoms with van der Waals surface area (Å²) >= 11 is 1.67. The topological polar surface area (TPSA) is 38.7 Å². The highest BCUT2D eigenvalue weighted by atomic mass is 32.1. The zero-order valence-electron chi connectivity index (χ0n) is 12.1. The molecule has 4 heterocycles. The SMILES string of the molecule is c1ccc2cc(-c3ccc4c(n3)sc3cnccc34)ncc2c1. The lowest BCUT2D eigenvalue weighted by Gasteiger charge is -2.02. The van der Waals surface area contributed by atoms with Gasteiger partial charge < -0.3 is 0 Å². The number of benzene rings is 1. The summed E-state index contributed by atoms with van der Waals surface area (Å²) in [6, 6.07) is 16.6. The normalized spacial score (nSPS) is 11.5. The molecule has 3 nitrogen and oxygen atoms in total. The average Bonchev–Trinajstić information content (AvgIpc) is 2.99. The first-order valence-corrected chi connectivity index (χ1v) is 8.18. The van der Waals surface area contributed by atoms with Crippen molar-refractivity contribution in [2.45, 2.75) is 0 Å². The Morgan fingerprint density at radius 2 is 1.70 bits per heavy atom. The lowest BCUT2D eigenvalue weighted by molar-refractivity contribution is 1.30. The van der Waals surface area contributed by atoms with Crippen molar-refractivity contribution in [1.29, 1.82) is 0 Å². The molecule has 23 heavy (non-hydrogen) atoms. The maximum Gasteiger partial charge on any atom is 0.125 e. The first-order valence-electron chi connectivity index (χ1n) is 7.37. The van der Waals surface area contributed by atoms with Crippen LogP contribution in [0.4, 0.5) is 0 Å². The van der Waals surface area contributed by atoms with Gasteiger partial charge in [0.05, 0.1) is 16.1 Å². The molecule has 5 aromatic rings. The van der Waals surface area contributed by atoms with Crippen molar-refractivity contribution in [2.24, 2.45) is 0 Å². The Balaban J connectivity index is 1.73. The Hall–Kier alpha value is -2.85. The minimum atomic E-state index is 0.904. The summed E-state index contributed by atoms with van der Waals surface area (Å²) in [6.45, 7) is 0. The summed E-state index contributed by atoms with van der Waals surface area (Å²) in [5, 5.41) is 4.72. The fourth-order valence-electron chi connectivity index (χ4n) is 2.88. The third kappa shape index (κ3) is 1.99. The fraction of sp³-hybridized carbons (Fsp3) is 0. The van der Waals surface area contributed by atoms with E-state index in [2.05, 4.69) is 34.2 Å². The van der Waals surface area contributed by atoms with Crippen molar-refractivity contribution in [2.75, 3.05) is 0 Å². The van der Waals surface area contributed by atoms with Crippen molar-refractivity contribution >= 4 is 42.4 Å². The molecule has 0 spiro atoms. The molecule has 0 saturated carbocycles. The number of nitrogens with zero attached hydrogens (tertiary/aromatic N) is 3. The number of hydrogen-bond donors (Lipinski definition) is 0. The van der Waals surface area contributed by atoms with E-state index in [1.54, 1.807) is 11.3 Å². The molecule has 0 bridgehead atoms. The number of pyridine rings is 3. The first kappa shape index (κ1) is 12.7. The molecule has 1 aromatic carbocycles. The average molecular weight is 313 g/mol. The van der Waals surface area contributed by atoms with Gasteiger partial charge in [-0.3, -0.25) is 9.97 Å². The molecule has 0 aliphatic heterocycles. The van der Waals surface area contributed by atoms with E-state index >= 15 is 0 Å². The Morgan fingerprint density at radius 3 is 2.65 bits per heavy atom. The largest absolute Gasteiger partial charge is 0.263 e. The molecule has 0 amide bonds. The van der Waals surface area contributed by atoms with Gasteiger partial charge in [0.2, 0.25) is 0 Å². The second kappa shape index (κ2) is 4.83. The van der Waals surface area contributed by atoms with Gasteiger partial charge in [-0.25, -0.2) is 4.98 Å². The summed E-state index contributed by atoms with van der Waals surface area (Å²) in [6.07, 6.45) is 5.63.